The molecule has 1 N–H and O–H groups in total. The van der Waals surface area contributed by atoms with Gasteiger partial charge in [0, 0.05) is 43.9 Å². The number of fused-ring (bicyclic) bond motifs is 1. The van der Waals surface area contributed by atoms with Crippen LogP contribution in [-0.4, -0.2) is 62.2 Å². The third kappa shape index (κ3) is 4.17. The van der Waals surface area contributed by atoms with E-state index in [1.54, 1.807) is 23.6 Å². The summed E-state index contributed by atoms with van der Waals surface area (Å²) in [6.07, 6.45) is 1.59. The largest absolute Gasteiger partial charge is 0.411 e. The number of benzene rings is 1. The average molecular weight is 438 g/mol. The second-order valence-electron chi connectivity index (χ2n) is 7.49. The lowest BCUT2D eigenvalue weighted by Gasteiger charge is -2.36. The first-order valence-electron chi connectivity index (χ1n) is 9.74. The molecule has 0 aliphatic carbocycles. The molecule has 1 aromatic heterocycles. The summed E-state index contributed by atoms with van der Waals surface area (Å²) in [5.74, 6) is -0.228. The number of piperazine rings is 1. The summed E-state index contributed by atoms with van der Waals surface area (Å²) in [7, 11) is -3.36. The minimum atomic E-state index is -3.36. The van der Waals surface area contributed by atoms with Crippen LogP contribution in [0, 0.1) is 5.82 Å². The average Bonchev–Trinajstić information content (AvgIpc) is 3.22. The number of halogens is 1. The second kappa shape index (κ2) is 8.41. The Morgan fingerprint density at radius 2 is 1.86 bits per heavy atom. The van der Waals surface area contributed by atoms with Crippen molar-refractivity contribution in [2.45, 2.75) is 28.7 Å². The molecule has 0 spiro atoms. The van der Waals surface area contributed by atoms with Crippen molar-refractivity contribution < 1.29 is 18.0 Å². The Morgan fingerprint density at radius 3 is 2.55 bits per heavy atom. The summed E-state index contributed by atoms with van der Waals surface area (Å²) < 4.78 is 39.1. The Balaban J connectivity index is 1.29. The molecule has 9 heteroatoms. The molecule has 1 unspecified atom stereocenters. The molecule has 1 fully saturated rings. The number of nitrogens with zero attached hydrogens (tertiary/aromatic N) is 3. The van der Waals surface area contributed by atoms with E-state index in [4.69, 9.17) is 0 Å². The third-order valence-corrected chi connectivity index (χ3v) is 9.45. The van der Waals surface area contributed by atoms with Crippen molar-refractivity contribution in [2.24, 2.45) is 5.16 Å². The van der Waals surface area contributed by atoms with E-state index in [1.165, 1.54) is 23.5 Å². The number of sulfone groups is 1. The number of hydrogen-bond acceptors (Lipinski definition) is 7. The molecule has 2 aliphatic rings. The van der Waals surface area contributed by atoms with Crippen LogP contribution in [0.4, 0.5) is 10.1 Å². The first-order chi connectivity index (χ1) is 14.0. The third-order valence-electron chi connectivity index (χ3n) is 5.74. The summed E-state index contributed by atoms with van der Waals surface area (Å²) in [5.41, 5.74) is 2.04. The van der Waals surface area contributed by atoms with Gasteiger partial charge in [0.1, 0.15) is 10.0 Å². The van der Waals surface area contributed by atoms with E-state index in [2.05, 4.69) is 15.0 Å². The lowest BCUT2D eigenvalue weighted by molar-refractivity contribution is 0.252. The van der Waals surface area contributed by atoms with Crippen molar-refractivity contribution >= 4 is 32.6 Å². The highest BCUT2D eigenvalue weighted by Crippen LogP contribution is 2.36. The van der Waals surface area contributed by atoms with E-state index < -0.39 is 15.1 Å². The molecule has 156 valence electrons. The van der Waals surface area contributed by atoms with Crippen LogP contribution in [0.3, 0.4) is 0 Å². The topological polar surface area (TPSA) is 73.2 Å². The van der Waals surface area contributed by atoms with Crippen LogP contribution in [0.15, 0.2) is 45.1 Å². The van der Waals surface area contributed by atoms with Gasteiger partial charge >= 0.3 is 0 Å². The van der Waals surface area contributed by atoms with Gasteiger partial charge in [0.05, 0.1) is 11.0 Å². The molecule has 0 bridgehead atoms. The zero-order chi connectivity index (χ0) is 20.4. The van der Waals surface area contributed by atoms with Gasteiger partial charge in [-0.3, -0.25) is 4.90 Å². The molecule has 1 aromatic carbocycles. The van der Waals surface area contributed by atoms with Crippen molar-refractivity contribution in [2.75, 3.05) is 37.6 Å². The minimum absolute atomic E-state index is 0.228. The highest BCUT2D eigenvalue weighted by Gasteiger charge is 2.38. The summed E-state index contributed by atoms with van der Waals surface area (Å²) in [6.45, 7) is 4.37. The highest BCUT2D eigenvalue weighted by atomic mass is 32.2. The molecular formula is C20H24FN3O3S2. The molecule has 29 heavy (non-hydrogen) atoms. The summed E-state index contributed by atoms with van der Waals surface area (Å²) in [6, 6.07) is 8.28. The molecule has 4 rings (SSSR count). The van der Waals surface area contributed by atoms with Gasteiger partial charge in [-0.15, -0.1) is 11.3 Å². The maximum atomic E-state index is 13.1. The van der Waals surface area contributed by atoms with Gasteiger partial charge in [-0.1, -0.05) is 5.16 Å². The second-order valence-corrected chi connectivity index (χ2v) is 10.8. The fraction of sp³-hybridized carbons (Fsp3) is 0.450. The molecule has 6 nitrogen and oxygen atoms in total. The summed E-state index contributed by atoms with van der Waals surface area (Å²) in [5, 5.41) is 13.8. The van der Waals surface area contributed by atoms with Crippen molar-refractivity contribution in [1.29, 1.82) is 0 Å². The van der Waals surface area contributed by atoms with Gasteiger partial charge in [0.15, 0.2) is 9.84 Å². The van der Waals surface area contributed by atoms with E-state index in [0.717, 1.165) is 44.8 Å². The fourth-order valence-electron chi connectivity index (χ4n) is 4.09. The number of anilines is 1. The summed E-state index contributed by atoms with van der Waals surface area (Å²) in [4.78, 5) is 4.58. The maximum Gasteiger partial charge on any atom is 0.191 e. The lowest BCUT2D eigenvalue weighted by atomic mass is 10.1. The molecule has 1 atom stereocenters. The van der Waals surface area contributed by atoms with Crippen LogP contribution < -0.4 is 4.90 Å². The maximum absolute atomic E-state index is 13.1. The van der Waals surface area contributed by atoms with Crippen molar-refractivity contribution in [3.05, 3.63) is 47.1 Å². The standard InChI is InChI=1S/C20H24FN3O3S2/c21-15-3-5-16(6-4-15)24-11-9-23(10-12-24)8-1-2-17-14-19(22-25)18-7-13-28-20(18)29(17,26)27/h3-7,13,17,25H,1-2,8-12,14H2/b22-19+. The van der Waals surface area contributed by atoms with Crippen LogP contribution in [0.2, 0.25) is 0 Å². The van der Waals surface area contributed by atoms with Gasteiger partial charge < -0.3 is 10.1 Å². The Bertz CT molecular complexity index is 981. The Morgan fingerprint density at radius 1 is 1.14 bits per heavy atom. The van der Waals surface area contributed by atoms with Crippen LogP contribution in [0.1, 0.15) is 24.8 Å². The normalized spacial score (nSPS) is 23.3. The Kier molecular flexibility index (Phi) is 5.89. The zero-order valence-corrected chi connectivity index (χ0v) is 17.6. The van der Waals surface area contributed by atoms with Gasteiger partial charge in [0.25, 0.3) is 0 Å². The summed E-state index contributed by atoms with van der Waals surface area (Å²) >= 11 is 1.20. The Hall–Kier alpha value is -1.97. The quantitative estimate of drug-likeness (QED) is 0.574. The predicted octanol–water partition coefficient (Wildman–Crippen LogP) is 3.21. The first kappa shape index (κ1) is 20.3. The minimum Gasteiger partial charge on any atom is -0.411 e. The molecule has 0 amide bonds. The van der Waals surface area contributed by atoms with Gasteiger partial charge in [-0.2, -0.15) is 0 Å². The van der Waals surface area contributed by atoms with Crippen LogP contribution in [0.5, 0.6) is 0 Å². The highest BCUT2D eigenvalue weighted by molar-refractivity contribution is 7.94. The van der Waals surface area contributed by atoms with Crippen LogP contribution >= 0.6 is 11.3 Å². The van der Waals surface area contributed by atoms with Crippen molar-refractivity contribution in [1.82, 2.24) is 4.90 Å². The molecule has 0 radical (unpaired) electrons. The molecule has 0 saturated carbocycles. The molecule has 3 heterocycles. The van der Waals surface area contributed by atoms with E-state index >= 15 is 0 Å². The smallest absolute Gasteiger partial charge is 0.191 e. The fourth-order valence-corrected chi connectivity index (χ4v) is 7.49. The first-order valence-corrected chi connectivity index (χ1v) is 12.2. The number of oxime groups is 1. The van der Waals surface area contributed by atoms with Crippen molar-refractivity contribution in [3.63, 3.8) is 0 Å². The van der Waals surface area contributed by atoms with Gasteiger partial charge in [-0.05, 0) is 55.1 Å². The number of thiophene rings is 1. The Labute approximate surface area is 174 Å². The van der Waals surface area contributed by atoms with E-state index in [1.807, 2.05) is 0 Å². The van der Waals surface area contributed by atoms with Crippen molar-refractivity contribution in [3.8, 4) is 0 Å². The zero-order valence-electron chi connectivity index (χ0n) is 16.0. The molecular weight excluding hydrogens is 413 g/mol. The van der Waals surface area contributed by atoms with E-state index in [0.29, 0.717) is 21.9 Å². The lowest BCUT2D eigenvalue weighted by Crippen LogP contribution is -2.46. The molecule has 1 saturated heterocycles. The van der Waals surface area contributed by atoms with Crippen LogP contribution in [0.25, 0.3) is 0 Å². The van der Waals surface area contributed by atoms with E-state index in [9.17, 15) is 18.0 Å². The monoisotopic (exact) mass is 437 g/mol. The van der Waals surface area contributed by atoms with Crippen LogP contribution in [-0.2, 0) is 9.84 Å². The SMILES string of the molecule is O=S1(=O)c2sccc2/C(=N/O)CC1CCCN1CCN(c2ccc(F)cc2)CC1. The number of rotatable bonds is 5. The van der Waals surface area contributed by atoms with E-state index in [-0.39, 0.29) is 12.2 Å². The predicted molar refractivity (Wildman–Crippen MR) is 113 cm³/mol. The molecule has 2 aromatic rings. The molecule has 2 aliphatic heterocycles. The van der Waals surface area contributed by atoms with Gasteiger partial charge in [-0.25, -0.2) is 12.8 Å². The van der Waals surface area contributed by atoms with Gasteiger partial charge in [0.2, 0.25) is 0 Å². The number of hydrogen-bond donors (Lipinski definition) is 1.